The van der Waals surface area contributed by atoms with Crippen molar-refractivity contribution in [3.8, 4) is 5.75 Å². The van der Waals surface area contributed by atoms with Gasteiger partial charge in [0.25, 0.3) is 0 Å². The van der Waals surface area contributed by atoms with Crippen molar-refractivity contribution in [1.29, 1.82) is 0 Å². The topological polar surface area (TPSA) is 49.8 Å². The predicted octanol–water partition coefficient (Wildman–Crippen LogP) is 1.79. The molecule has 0 radical (unpaired) electrons. The zero-order valence-corrected chi connectivity index (χ0v) is 10.6. The van der Waals surface area contributed by atoms with Gasteiger partial charge >= 0.3 is 5.97 Å². The zero-order chi connectivity index (χ0) is 13.0. The van der Waals surface area contributed by atoms with Gasteiger partial charge in [-0.05, 0) is 44.1 Å². The minimum Gasteiger partial charge on any atom is -0.489 e. The molecule has 1 fully saturated rings. The molecule has 1 aromatic carbocycles. The maximum Gasteiger partial charge on any atom is 0.307 e. The lowest BCUT2D eigenvalue weighted by molar-refractivity contribution is -0.136. The number of hydrogen-bond donors (Lipinski definition) is 1. The molecule has 1 aliphatic rings. The number of nitrogens with zero attached hydrogens (tertiary/aromatic N) is 1. The van der Waals surface area contributed by atoms with Crippen molar-refractivity contribution in [1.82, 2.24) is 4.90 Å². The Labute approximate surface area is 107 Å². The number of rotatable bonds is 4. The second-order valence-electron chi connectivity index (χ2n) is 4.86. The molecular formula is C14H19NO3. The van der Waals surface area contributed by atoms with E-state index in [1.54, 1.807) is 0 Å². The van der Waals surface area contributed by atoms with Crippen molar-refractivity contribution in [2.45, 2.75) is 25.4 Å². The van der Waals surface area contributed by atoms with Crippen LogP contribution in [0.25, 0.3) is 0 Å². The first-order chi connectivity index (χ1) is 8.63. The van der Waals surface area contributed by atoms with E-state index in [1.807, 2.05) is 24.3 Å². The van der Waals surface area contributed by atoms with Crippen LogP contribution in [0, 0.1) is 0 Å². The monoisotopic (exact) mass is 249 g/mol. The van der Waals surface area contributed by atoms with Crippen LogP contribution in [-0.4, -0.2) is 42.2 Å². The molecule has 0 saturated carbocycles. The van der Waals surface area contributed by atoms with Crippen LogP contribution in [0.1, 0.15) is 18.4 Å². The lowest BCUT2D eigenvalue weighted by Crippen LogP contribution is -2.38. The molecule has 4 nitrogen and oxygen atoms in total. The van der Waals surface area contributed by atoms with Gasteiger partial charge in [-0.1, -0.05) is 12.1 Å². The van der Waals surface area contributed by atoms with E-state index in [4.69, 9.17) is 9.84 Å². The summed E-state index contributed by atoms with van der Waals surface area (Å²) < 4.78 is 5.90. The molecule has 1 heterocycles. The average molecular weight is 249 g/mol. The normalized spacial score (nSPS) is 20.6. The highest BCUT2D eigenvalue weighted by Crippen LogP contribution is 2.18. The largest absolute Gasteiger partial charge is 0.489 e. The minimum atomic E-state index is -0.808. The average Bonchev–Trinajstić information content (AvgIpc) is 2.31. The third-order valence-corrected chi connectivity index (χ3v) is 3.16. The molecule has 4 heteroatoms. The van der Waals surface area contributed by atoms with Crippen molar-refractivity contribution in [2.24, 2.45) is 0 Å². The van der Waals surface area contributed by atoms with E-state index in [2.05, 4.69) is 11.9 Å². The summed E-state index contributed by atoms with van der Waals surface area (Å²) in [7, 11) is 2.10. The quantitative estimate of drug-likeness (QED) is 0.883. The molecule has 1 aliphatic heterocycles. The summed E-state index contributed by atoms with van der Waals surface area (Å²) in [5, 5.41) is 8.69. The molecule has 0 aromatic heterocycles. The zero-order valence-electron chi connectivity index (χ0n) is 10.6. The number of benzene rings is 1. The summed E-state index contributed by atoms with van der Waals surface area (Å²) >= 11 is 0. The maximum atomic E-state index is 10.6. The molecule has 1 unspecified atom stereocenters. The van der Waals surface area contributed by atoms with Crippen LogP contribution in [0.2, 0.25) is 0 Å². The van der Waals surface area contributed by atoms with Gasteiger partial charge in [-0.3, -0.25) is 4.79 Å². The number of aliphatic carboxylic acids is 1. The summed E-state index contributed by atoms with van der Waals surface area (Å²) in [6.45, 7) is 2.09. The van der Waals surface area contributed by atoms with Gasteiger partial charge in [0, 0.05) is 6.54 Å². The van der Waals surface area contributed by atoms with Crippen LogP contribution in [0.15, 0.2) is 24.3 Å². The molecule has 1 atom stereocenters. The molecule has 0 bridgehead atoms. The highest BCUT2D eigenvalue weighted by molar-refractivity contribution is 5.70. The number of carboxylic acid groups (broad SMARTS) is 1. The third kappa shape index (κ3) is 3.74. The number of piperidine rings is 1. The molecular weight excluding hydrogens is 230 g/mol. The van der Waals surface area contributed by atoms with Crippen molar-refractivity contribution in [2.75, 3.05) is 20.1 Å². The summed E-state index contributed by atoms with van der Waals surface area (Å²) in [5.74, 6) is 0.0158. The lowest BCUT2D eigenvalue weighted by Gasteiger charge is -2.30. The van der Waals surface area contributed by atoms with Crippen LogP contribution in [0.3, 0.4) is 0 Å². The predicted molar refractivity (Wildman–Crippen MR) is 68.9 cm³/mol. The Morgan fingerprint density at radius 3 is 2.78 bits per heavy atom. The second kappa shape index (κ2) is 5.87. The molecule has 0 aliphatic carbocycles. The first-order valence-corrected chi connectivity index (χ1v) is 6.29. The number of carbonyl (C=O) groups is 1. The first-order valence-electron chi connectivity index (χ1n) is 6.29. The Morgan fingerprint density at radius 1 is 1.44 bits per heavy atom. The second-order valence-corrected chi connectivity index (χ2v) is 4.86. The number of ether oxygens (including phenoxy) is 1. The van der Waals surface area contributed by atoms with Gasteiger partial charge in [-0.15, -0.1) is 0 Å². The molecule has 1 aromatic rings. The molecule has 1 saturated heterocycles. The van der Waals surface area contributed by atoms with E-state index in [0.717, 1.165) is 37.2 Å². The SMILES string of the molecule is CN1CCCC(Oc2ccc(CC(=O)O)cc2)C1. The summed E-state index contributed by atoms with van der Waals surface area (Å²) in [4.78, 5) is 12.8. The Balaban J connectivity index is 1.91. The summed E-state index contributed by atoms with van der Waals surface area (Å²) in [6, 6.07) is 7.34. The van der Waals surface area contributed by atoms with Gasteiger partial charge < -0.3 is 14.7 Å². The summed E-state index contributed by atoms with van der Waals surface area (Å²) in [5.41, 5.74) is 0.801. The van der Waals surface area contributed by atoms with Crippen molar-refractivity contribution in [3.63, 3.8) is 0 Å². The van der Waals surface area contributed by atoms with E-state index in [1.165, 1.54) is 0 Å². The van der Waals surface area contributed by atoms with E-state index < -0.39 is 5.97 Å². The lowest BCUT2D eigenvalue weighted by atomic mass is 10.1. The van der Waals surface area contributed by atoms with E-state index >= 15 is 0 Å². The van der Waals surface area contributed by atoms with Crippen LogP contribution < -0.4 is 4.74 Å². The van der Waals surface area contributed by atoms with Crippen molar-refractivity contribution < 1.29 is 14.6 Å². The van der Waals surface area contributed by atoms with E-state index in [9.17, 15) is 4.79 Å². The van der Waals surface area contributed by atoms with Crippen molar-refractivity contribution >= 4 is 5.97 Å². The van der Waals surface area contributed by atoms with Gasteiger partial charge in [0.15, 0.2) is 0 Å². The van der Waals surface area contributed by atoms with E-state index in [-0.39, 0.29) is 12.5 Å². The van der Waals surface area contributed by atoms with Gasteiger partial charge in [0.05, 0.1) is 6.42 Å². The smallest absolute Gasteiger partial charge is 0.307 e. The molecule has 0 amide bonds. The van der Waals surface area contributed by atoms with Crippen molar-refractivity contribution in [3.05, 3.63) is 29.8 Å². The molecule has 98 valence electrons. The fourth-order valence-corrected chi connectivity index (χ4v) is 2.27. The Morgan fingerprint density at radius 2 is 2.17 bits per heavy atom. The Kier molecular flexibility index (Phi) is 4.20. The minimum absolute atomic E-state index is 0.0620. The van der Waals surface area contributed by atoms with Gasteiger partial charge in [-0.25, -0.2) is 0 Å². The molecule has 0 spiro atoms. The van der Waals surface area contributed by atoms with Crippen LogP contribution in [-0.2, 0) is 11.2 Å². The third-order valence-electron chi connectivity index (χ3n) is 3.16. The van der Waals surface area contributed by atoms with Crippen LogP contribution in [0.4, 0.5) is 0 Å². The fourth-order valence-electron chi connectivity index (χ4n) is 2.27. The number of likely N-dealkylation sites (N-methyl/N-ethyl adjacent to an activating group) is 1. The maximum absolute atomic E-state index is 10.6. The molecule has 1 N–H and O–H groups in total. The Bertz CT molecular complexity index is 402. The number of likely N-dealkylation sites (tertiary alicyclic amines) is 1. The van der Waals surface area contributed by atoms with Gasteiger partial charge in [0.1, 0.15) is 11.9 Å². The van der Waals surface area contributed by atoms with Crippen LogP contribution >= 0.6 is 0 Å². The van der Waals surface area contributed by atoms with Crippen LogP contribution in [0.5, 0.6) is 5.75 Å². The highest BCUT2D eigenvalue weighted by Gasteiger charge is 2.18. The standard InChI is InChI=1S/C14H19NO3/c1-15-8-2-3-13(10-15)18-12-6-4-11(5-7-12)9-14(16)17/h4-7,13H,2-3,8-10H2,1H3,(H,16,17). The first kappa shape index (κ1) is 12.9. The fraction of sp³-hybridized carbons (Fsp3) is 0.500. The highest BCUT2D eigenvalue weighted by atomic mass is 16.5. The molecule has 2 rings (SSSR count). The Hall–Kier alpha value is -1.55. The van der Waals surface area contributed by atoms with Gasteiger partial charge in [-0.2, -0.15) is 0 Å². The number of hydrogen-bond acceptors (Lipinski definition) is 3. The number of carboxylic acids is 1. The van der Waals surface area contributed by atoms with E-state index in [0.29, 0.717) is 0 Å². The summed E-state index contributed by atoms with van der Waals surface area (Å²) in [6.07, 6.45) is 2.56. The van der Waals surface area contributed by atoms with Gasteiger partial charge in [0.2, 0.25) is 0 Å². The molecule has 18 heavy (non-hydrogen) atoms.